The number of amides is 1. The van der Waals surface area contributed by atoms with E-state index in [1.165, 1.54) is 4.90 Å². The number of carbonyl (C=O) groups excluding carboxylic acids is 1. The quantitative estimate of drug-likeness (QED) is 0.355. The Morgan fingerprint density at radius 2 is 2.00 bits per heavy atom. The van der Waals surface area contributed by atoms with Crippen molar-refractivity contribution < 1.29 is 23.9 Å². The first-order chi connectivity index (χ1) is 14.0. The largest absolute Gasteiger partial charge is 0.477 e. The zero-order chi connectivity index (χ0) is 22.3. The second-order valence-electron chi connectivity index (χ2n) is 10.1. The molecule has 1 amide bonds. The van der Waals surface area contributed by atoms with Crippen LogP contribution in [-0.4, -0.2) is 55.6 Å². The number of ether oxygens (including phenoxy) is 1. The van der Waals surface area contributed by atoms with Gasteiger partial charge in [-0.15, -0.1) is 0 Å². The normalized spacial score (nSPS) is 28.7. The molecule has 1 saturated heterocycles. The molecule has 30 heavy (non-hydrogen) atoms. The predicted molar refractivity (Wildman–Crippen MR) is 114 cm³/mol. The summed E-state index contributed by atoms with van der Waals surface area (Å²) in [6.45, 7) is 11.8. The minimum absolute atomic E-state index is 0.0347. The highest BCUT2D eigenvalue weighted by atomic mass is 28.4. The van der Waals surface area contributed by atoms with Crippen molar-refractivity contribution in [1.29, 1.82) is 5.26 Å². The summed E-state index contributed by atoms with van der Waals surface area (Å²) in [5.74, 6) is -1.32. The number of hydrogen-bond donors (Lipinski definition) is 1. The number of carbonyl (C=O) groups is 2. The van der Waals surface area contributed by atoms with E-state index in [1.54, 1.807) is 0 Å². The van der Waals surface area contributed by atoms with Crippen LogP contribution in [0.2, 0.25) is 18.1 Å². The van der Waals surface area contributed by atoms with Gasteiger partial charge in [0.15, 0.2) is 8.32 Å². The van der Waals surface area contributed by atoms with Crippen molar-refractivity contribution in [3.05, 3.63) is 11.3 Å². The monoisotopic (exact) mass is 434 g/mol. The summed E-state index contributed by atoms with van der Waals surface area (Å²) in [4.78, 5) is 26.5. The van der Waals surface area contributed by atoms with E-state index in [-0.39, 0.29) is 53.7 Å². The molecule has 0 radical (unpaired) electrons. The van der Waals surface area contributed by atoms with E-state index in [9.17, 15) is 14.7 Å². The first-order valence-corrected chi connectivity index (χ1v) is 13.8. The third kappa shape index (κ3) is 3.95. The van der Waals surface area contributed by atoms with Crippen LogP contribution >= 0.6 is 0 Å². The number of rotatable bonds is 8. The second-order valence-corrected chi connectivity index (χ2v) is 14.9. The lowest BCUT2D eigenvalue weighted by Crippen LogP contribution is -2.61. The van der Waals surface area contributed by atoms with E-state index in [1.807, 2.05) is 0 Å². The Balaban J connectivity index is 1.73. The van der Waals surface area contributed by atoms with Crippen molar-refractivity contribution in [3.63, 3.8) is 0 Å². The molecule has 7 nitrogen and oxygen atoms in total. The molecule has 3 rings (SSSR count). The molecule has 2 heterocycles. The molecule has 0 spiro atoms. The Labute approximate surface area is 180 Å². The zero-order valence-electron chi connectivity index (χ0n) is 18.7. The Morgan fingerprint density at radius 1 is 1.30 bits per heavy atom. The summed E-state index contributed by atoms with van der Waals surface area (Å²) in [5.41, 5.74) is 0.885. The number of aliphatic carboxylic acids is 1. The highest BCUT2D eigenvalue weighted by Gasteiger charge is 2.61. The SMILES string of the molecule is CC(C)(C)[Si](C)(C)OCC[C@@H]1C(=O)N2C(C(=O)O)=C3[C@@H](OCCC#N)CCC[C@@H]3[C@H]12. The Bertz CT molecular complexity index is 779. The summed E-state index contributed by atoms with van der Waals surface area (Å²) in [6.07, 6.45) is 3.13. The maximum atomic E-state index is 12.9. The van der Waals surface area contributed by atoms with Crippen LogP contribution < -0.4 is 0 Å². The first kappa shape index (κ1) is 23.0. The molecule has 4 atom stereocenters. The van der Waals surface area contributed by atoms with Crippen LogP contribution in [0.4, 0.5) is 0 Å². The summed E-state index contributed by atoms with van der Waals surface area (Å²) in [5, 5.41) is 18.7. The molecule has 0 aromatic carbocycles. The molecule has 0 bridgehead atoms. The van der Waals surface area contributed by atoms with E-state index >= 15 is 0 Å². The van der Waals surface area contributed by atoms with E-state index in [2.05, 4.69) is 39.9 Å². The van der Waals surface area contributed by atoms with Gasteiger partial charge in [0.25, 0.3) is 0 Å². The van der Waals surface area contributed by atoms with Crippen molar-refractivity contribution in [1.82, 2.24) is 4.90 Å². The van der Waals surface area contributed by atoms with Crippen molar-refractivity contribution in [2.45, 2.75) is 83.2 Å². The van der Waals surface area contributed by atoms with E-state index in [4.69, 9.17) is 14.4 Å². The third-order valence-corrected chi connectivity index (χ3v) is 11.9. The molecule has 0 aromatic rings. The molecule has 1 saturated carbocycles. The average molecular weight is 435 g/mol. The first-order valence-electron chi connectivity index (χ1n) is 10.9. The summed E-state index contributed by atoms with van der Waals surface area (Å²) in [6, 6.07) is 1.96. The molecule has 8 heteroatoms. The Morgan fingerprint density at radius 3 is 2.60 bits per heavy atom. The zero-order valence-corrected chi connectivity index (χ0v) is 19.7. The van der Waals surface area contributed by atoms with Gasteiger partial charge in [0.2, 0.25) is 5.91 Å². The number of carboxylic acid groups (broad SMARTS) is 1. The average Bonchev–Trinajstić information content (AvgIpc) is 2.96. The number of nitrogens with zero attached hydrogens (tertiary/aromatic N) is 2. The molecule has 1 aliphatic carbocycles. The van der Waals surface area contributed by atoms with Gasteiger partial charge in [0.1, 0.15) is 5.70 Å². The van der Waals surface area contributed by atoms with Gasteiger partial charge in [-0.3, -0.25) is 4.79 Å². The number of nitriles is 1. The van der Waals surface area contributed by atoms with Crippen LogP contribution in [-0.2, 0) is 18.8 Å². The molecular weight excluding hydrogens is 400 g/mol. The number of fused-ring (bicyclic) bond motifs is 3. The van der Waals surface area contributed by atoms with Crippen molar-refractivity contribution in [3.8, 4) is 6.07 Å². The predicted octanol–water partition coefficient (Wildman–Crippen LogP) is 3.68. The number of carboxylic acids is 1. The topological polar surface area (TPSA) is 99.9 Å². The molecule has 1 N–H and O–H groups in total. The van der Waals surface area contributed by atoms with Crippen LogP contribution in [0.5, 0.6) is 0 Å². The molecule has 0 aromatic heterocycles. The van der Waals surface area contributed by atoms with Gasteiger partial charge >= 0.3 is 5.97 Å². The number of β-lactam (4-membered cyclic amide) rings is 1. The smallest absolute Gasteiger partial charge is 0.352 e. The fraction of sp³-hybridized carbons (Fsp3) is 0.773. The third-order valence-electron chi connectivity index (χ3n) is 7.35. The van der Waals surface area contributed by atoms with Crippen LogP contribution in [0.3, 0.4) is 0 Å². The van der Waals surface area contributed by atoms with Gasteiger partial charge in [0, 0.05) is 12.5 Å². The van der Waals surface area contributed by atoms with Crippen LogP contribution in [0.25, 0.3) is 0 Å². The highest BCUT2D eigenvalue weighted by Crippen LogP contribution is 2.52. The van der Waals surface area contributed by atoms with E-state index < -0.39 is 14.3 Å². The number of hydrogen-bond acceptors (Lipinski definition) is 5. The lowest BCUT2D eigenvalue weighted by Gasteiger charge is -2.47. The van der Waals surface area contributed by atoms with Gasteiger partial charge in [-0.05, 0) is 49.4 Å². The fourth-order valence-corrected chi connectivity index (χ4v) is 5.84. The summed E-state index contributed by atoms with van der Waals surface area (Å²) >= 11 is 0. The molecule has 2 fully saturated rings. The minimum Gasteiger partial charge on any atom is -0.477 e. The maximum absolute atomic E-state index is 12.9. The minimum atomic E-state index is -1.89. The molecule has 2 aliphatic heterocycles. The van der Waals surface area contributed by atoms with Gasteiger partial charge in [-0.2, -0.15) is 5.26 Å². The Hall–Kier alpha value is -1.69. The lowest BCUT2D eigenvalue weighted by atomic mass is 9.72. The molecule has 166 valence electrons. The van der Waals surface area contributed by atoms with Crippen molar-refractivity contribution in [2.24, 2.45) is 11.8 Å². The maximum Gasteiger partial charge on any atom is 0.352 e. The van der Waals surface area contributed by atoms with Crippen molar-refractivity contribution in [2.75, 3.05) is 13.2 Å². The van der Waals surface area contributed by atoms with Gasteiger partial charge < -0.3 is 19.2 Å². The Kier molecular flexibility index (Phi) is 6.47. The molecular formula is C22H34N2O5Si. The van der Waals surface area contributed by atoms with Gasteiger partial charge in [-0.25, -0.2) is 4.79 Å². The van der Waals surface area contributed by atoms with Crippen LogP contribution in [0.1, 0.15) is 52.9 Å². The molecule has 3 aliphatic rings. The fourth-order valence-electron chi connectivity index (χ4n) is 4.78. The highest BCUT2D eigenvalue weighted by molar-refractivity contribution is 6.74. The van der Waals surface area contributed by atoms with Crippen molar-refractivity contribution >= 4 is 20.2 Å². The standard InChI is InChI=1S/C22H34N2O5Si/c1-22(2,3)30(4,5)29-13-10-15-18-14-8-6-9-16(28-12-7-11-23)17(14)19(21(26)27)24(18)20(15)25/h14-16,18H,6-10,12-13H2,1-5H3,(H,26,27)/t14-,15-,16-,18+/m0/s1. The van der Waals surface area contributed by atoms with E-state index in [0.29, 0.717) is 13.0 Å². The molecule has 0 unspecified atom stereocenters. The van der Waals surface area contributed by atoms with Crippen LogP contribution in [0, 0.1) is 23.2 Å². The van der Waals surface area contributed by atoms with E-state index in [0.717, 1.165) is 24.8 Å². The summed E-state index contributed by atoms with van der Waals surface area (Å²) in [7, 11) is -1.89. The van der Waals surface area contributed by atoms with Gasteiger partial charge in [0.05, 0.1) is 37.2 Å². The van der Waals surface area contributed by atoms with Gasteiger partial charge in [-0.1, -0.05) is 20.8 Å². The summed E-state index contributed by atoms with van der Waals surface area (Å²) < 4.78 is 12.2. The second kappa shape index (κ2) is 8.44. The van der Waals surface area contributed by atoms with Crippen LogP contribution in [0.15, 0.2) is 11.3 Å². The lowest BCUT2D eigenvalue weighted by molar-refractivity contribution is -0.157.